The van der Waals surface area contributed by atoms with E-state index in [1.54, 1.807) is 6.08 Å². The molecule has 0 aromatic carbocycles. The molecular weight excluding hydrogens is 182 g/mol. The topological polar surface area (TPSA) is 47.6 Å². The van der Waals surface area contributed by atoms with Gasteiger partial charge in [-0.3, -0.25) is 0 Å². The van der Waals surface area contributed by atoms with Gasteiger partial charge in [-0.05, 0) is 12.8 Å². The molecule has 1 aliphatic heterocycles. The van der Waals surface area contributed by atoms with Gasteiger partial charge in [0.1, 0.15) is 0 Å². The van der Waals surface area contributed by atoms with E-state index in [9.17, 15) is 4.79 Å². The van der Waals surface area contributed by atoms with Crippen LogP contribution in [0.5, 0.6) is 0 Å². The van der Waals surface area contributed by atoms with Crippen LogP contribution in [0.25, 0.3) is 0 Å². The fourth-order valence-electron chi connectivity index (χ4n) is 1.36. The minimum Gasteiger partial charge on any atom is -0.466 e. The number of nitrogens with one attached hydrogen (secondary N) is 1. The molecule has 80 valence electrons. The van der Waals surface area contributed by atoms with E-state index in [2.05, 4.69) is 10.1 Å². The second kappa shape index (κ2) is 6.56. The van der Waals surface area contributed by atoms with E-state index in [4.69, 9.17) is 4.74 Å². The average molecular weight is 199 g/mol. The molecule has 0 aromatic rings. The van der Waals surface area contributed by atoms with E-state index in [1.165, 1.54) is 13.2 Å². The lowest BCUT2D eigenvalue weighted by Gasteiger charge is -2.22. The van der Waals surface area contributed by atoms with Crippen molar-refractivity contribution in [3.63, 3.8) is 0 Å². The molecule has 1 rings (SSSR count). The molecule has 1 fully saturated rings. The summed E-state index contributed by atoms with van der Waals surface area (Å²) < 4.78 is 9.70. The smallest absolute Gasteiger partial charge is 0.330 e. The van der Waals surface area contributed by atoms with Crippen LogP contribution in [0.4, 0.5) is 0 Å². The van der Waals surface area contributed by atoms with E-state index < -0.39 is 0 Å². The molecule has 0 atom stereocenters. The molecule has 0 radical (unpaired) electrons. The first kappa shape index (κ1) is 11.2. The van der Waals surface area contributed by atoms with Crippen molar-refractivity contribution in [1.82, 2.24) is 5.32 Å². The second-order valence-electron chi connectivity index (χ2n) is 3.22. The zero-order chi connectivity index (χ0) is 10.2. The third kappa shape index (κ3) is 4.39. The van der Waals surface area contributed by atoms with E-state index in [0.29, 0.717) is 12.6 Å². The van der Waals surface area contributed by atoms with Crippen molar-refractivity contribution in [3.8, 4) is 0 Å². The van der Waals surface area contributed by atoms with Crippen LogP contribution in [0.15, 0.2) is 12.2 Å². The summed E-state index contributed by atoms with van der Waals surface area (Å²) in [6.07, 6.45) is 5.31. The lowest BCUT2D eigenvalue weighted by Crippen LogP contribution is -2.34. The minimum atomic E-state index is -0.307. The Balaban J connectivity index is 2.07. The van der Waals surface area contributed by atoms with Gasteiger partial charge in [0, 0.05) is 31.9 Å². The molecule has 0 aliphatic carbocycles. The minimum absolute atomic E-state index is 0.307. The number of carbonyl (C=O) groups excluding carboxylic acids is 1. The molecule has 0 saturated carbocycles. The summed E-state index contributed by atoms with van der Waals surface area (Å²) in [6.45, 7) is 2.37. The number of hydrogen-bond donors (Lipinski definition) is 1. The molecular formula is C10H17NO3. The van der Waals surface area contributed by atoms with Gasteiger partial charge in [0.2, 0.25) is 0 Å². The maximum atomic E-state index is 10.7. The van der Waals surface area contributed by atoms with Crippen LogP contribution < -0.4 is 5.32 Å². The molecule has 0 spiro atoms. The Morgan fingerprint density at radius 2 is 2.29 bits per heavy atom. The predicted octanol–water partition coefficient (Wildman–Crippen LogP) is 0.484. The lowest BCUT2D eigenvalue weighted by molar-refractivity contribution is -0.134. The van der Waals surface area contributed by atoms with Crippen molar-refractivity contribution in [2.24, 2.45) is 0 Å². The van der Waals surface area contributed by atoms with Crippen LogP contribution >= 0.6 is 0 Å². The molecule has 0 amide bonds. The van der Waals surface area contributed by atoms with Crippen molar-refractivity contribution >= 4 is 5.97 Å². The SMILES string of the molecule is COC(=O)/C=C/CNC1CCOCC1. The Bertz CT molecular complexity index is 198. The van der Waals surface area contributed by atoms with Crippen molar-refractivity contribution in [1.29, 1.82) is 0 Å². The highest BCUT2D eigenvalue weighted by atomic mass is 16.5. The van der Waals surface area contributed by atoms with Crippen LogP contribution in [0.3, 0.4) is 0 Å². The van der Waals surface area contributed by atoms with Gasteiger partial charge in [-0.2, -0.15) is 0 Å². The van der Waals surface area contributed by atoms with Gasteiger partial charge >= 0.3 is 5.97 Å². The number of ether oxygens (including phenoxy) is 2. The highest BCUT2D eigenvalue weighted by Crippen LogP contribution is 2.05. The zero-order valence-corrected chi connectivity index (χ0v) is 8.49. The first-order valence-electron chi connectivity index (χ1n) is 4.88. The summed E-state index contributed by atoms with van der Waals surface area (Å²) in [4.78, 5) is 10.7. The largest absolute Gasteiger partial charge is 0.466 e. The average Bonchev–Trinajstić information content (AvgIpc) is 2.25. The van der Waals surface area contributed by atoms with Crippen molar-refractivity contribution in [2.45, 2.75) is 18.9 Å². The maximum Gasteiger partial charge on any atom is 0.330 e. The Kier molecular flexibility index (Phi) is 5.25. The number of esters is 1. The van der Waals surface area contributed by atoms with Gasteiger partial charge < -0.3 is 14.8 Å². The molecule has 14 heavy (non-hydrogen) atoms. The van der Waals surface area contributed by atoms with Gasteiger partial charge in [0.25, 0.3) is 0 Å². The van der Waals surface area contributed by atoms with E-state index >= 15 is 0 Å². The molecule has 0 aromatic heterocycles. The van der Waals surface area contributed by atoms with Crippen LogP contribution in [-0.4, -0.2) is 38.9 Å². The molecule has 1 N–H and O–H groups in total. The molecule has 4 nitrogen and oxygen atoms in total. The maximum absolute atomic E-state index is 10.7. The monoisotopic (exact) mass is 199 g/mol. The molecule has 1 heterocycles. The van der Waals surface area contributed by atoms with E-state index in [1.807, 2.05) is 0 Å². The number of methoxy groups -OCH3 is 1. The molecule has 4 heteroatoms. The number of hydrogen-bond acceptors (Lipinski definition) is 4. The Labute approximate surface area is 84.3 Å². The summed E-state index contributed by atoms with van der Waals surface area (Å²) in [6, 6.07) is 0.519. The van der Waals surface area contributed by atoms with Gasteiger partial charge in [0.05, 0.1) is 7.11 Å². The van der Waals surface area contributed by atoms with E-state index in [-0.39, 0.29) is 5.97 Å². The molecule has 0 unspecified atom stereocenters. The molecule has 1 aliphatic rings. The molecule has 0 bridgehead atoms. The summed E-state index contributed by atoms with van der Waals surface area (Å²) in [5.74, 6) is -0.307. The second-order valence-corrected chi connectivity index (χ2v) is 3.22. The van der Waals surface area contributed by atoms with Gasteiger partial charge in [-0.1, -0.05) is 6.08 Å². The van der Waals surface area contributed by atoms with E-state index in [0.717, 1.165) is 26.1 Å². The quantitative estimate of drug-likeness (QED) is 0.528. The molecule has 1 saturated heterocycles. The highest BCUT2D eigenvalue weighted by Gasteiger charge is 2.11. The van der Waals surface area contributed by atoms with Crippen molar-refractivity contribution < 1.29 is 14.3 Å². The standard InChI is InChI=1S/C10H17NO3/c1-13-10(12)3-2-6-11-9-4-7-14-8-5-9/h2-3,9,11H,4-8H2,1H3/b3-2+. The predicted molar refractivity (Wildman–Crippen MR) is 53.0 cm³/mol. The fourth-order valence-corrected chi connectivity index (χ4v) is 1.36. The summed E-state index contributed by atoms with van der Waals surface area (Å²) in [7, 11) is 1.37. The Hall–Kier alpha value is -0.870. The van der Waals surface area contributed by atoms with Crippen LogP contribution in [0.2, 0.25) is 0 Å². The zero-order valence-electron chi connectivity index (χ0n) is 8.49. The highest BCUT2D eigenvalue weighted by molar-refractivity contribution is 5.81. The van der Waals surface area contributed by atoms with Crippen molar-refractivity contribution in [2.75, 3.05) is 26.9 Å². The van der Waals surface area contributed by atoms with Gasteiger partial charge in [-0.25, -0.2) is 4.79 Å². The number of carbonyl (C=O) groups is 1. The fraction of sp³-hybridized carbons (Fsp3) is 0.700. The summed E-state index contributed by atoms with van der Waals surface area (Å²) in [5, 5.41) is 3.33. The Morgan fingerprint density at radius 1 is 1.57 bits per heavy atom. The van der Waals surface area contributed by atoms with Crippen LogP contribution in [0.1, 0.15) is 12.8 Å². The van der Waals surface area contributed by atoms with Crippen LogP contribution in [0, 0.1) is 0 Å². The summed E-state index contributed by atoms with van der Waals surface area (Å²) >= 11 is 0. The normalized spacial score (nSPS) is 18.6. The van der Waals surface area contributed by atoms with Gasteiger partial charge in [-0.15, -0.1) is 0 Å². The first-order chi connectivity index (χ1) is 6.83. The van der Waals surface area contributed by atoms with Gasteiger partial charge in [0.15, 0.2) is 0 Å². The third-order valence-corrected chi connectivity index (χ3v) is 2.20. The number of rotatable bonds is 4. The van der Waals surface area contributed by atoms with Crippen LogP contribution in [-0.2, 0) is 14.3 Å². The Morgan fingerprint density at radius 3 is 2.93 bits per heavy atom. The first-order valence-corrected chi connectivity index (χ1v) is 4.88. The van der Waals surface area contributed by atoms with Crippen molar-refractivity contribution in [3.05, 3.63) is 12.2 Å². The lowest BCUT2D eigenvalue weighted by atomic mass is 10.1. The third-order valence-electron chi connectivity index (χ3n) is 2.20. The summed E-state index contributed by atoms with van der Waals surface area (Å²) in [5.41, 5.74) is 0.